The summed E-state index contributed by atoms with van der Waals surface area (Å²) in [4.78, 5) is -0.0578. The second-order valence-electron chi connectivity index (χ2n) is 5.27. The number of thiophene rings is 1. The fourth-order valence-corrected chi connectivity index (χ4v) is 5.64. The van der Waals surface area contributed by atoms with E-state index in [1.807, 2.05) is 0 Å². The Morgan fingerprint density at radius 2 is 1.48 bits per heavy atom. The normalized spacial score (nSPS) is 11.9. The molecule has 2 aromatic carbocycles. The number of sulfonamides is 2. The van der Waals surface area contributed by atoms with E-state index in [0.29, 0.717) is 0 Å². The molecule has 2 N–H and O–H groups in total. The molecule has 0 aliphatic rings. The average Bonchev–Trinajstić information content (AvgIpc) is 3.15. The van der Waals surface area contributed by atoms with Gasteiger partial charge in [0.2, 0.25) is 0 Å². The van der Waals surface area contributed by atoms with E-state index in [-0.39, 0.29) is 30.5 Å². The van der Waals surface area contributed by atoms with Crippen LogP contribution in [0, 0.1) is 0 Å². The molecular formula is C16H12Cl2N2O4S3. The molecule has 3 aromatic rings. The zero-order valence-corrected chi connectivity index (χ0v) is 17.3. The van der Waals surface area contributed by atoms with Gasteiger partial charge in [0.25, 0.3) is 20.0 Å². The molecule has 0 atom stereocenters. The highest BCUT2D eigenvalue weighted by molar-refractivity contribution is 7.94. The lowest BCUT2D eigenvalue weighted by Gasteiger charge is -2.11. The third-order valence-electron chi connectivity index (χ3n) is 3.37. The summed E-state index contributed by atoms with van der Waals surface area (Å²) in [6.45, 7) is 0. The summed E-state index contributed by atoms with van der Waals surface area (Å²) in [6, 6.07) is 13.0. The van der Waals surface area contributed by atoms with E-state index in [0.717, 1.165) is 11.3 Å². The van der Waals surface area contributed by atoms with Crippen molar-refractivity contribution < 1.29 is 16.8 Å². The van der Waals surface area contributed by atoms with Crippen LogP contribution in [0.4, 0.5) is 11.4 Å². The lowest BCUT2D eigenvalue weighted by atomic mass is 10.3. The molecule has 142 valence electrons. The maximum absolute atomic E-state index is 12.5. The third-order valence-corrected chi connectivity index (χ3v) is 8.35. The van der Waals surface area contributed by atoms with Gasteiger partial charge in [-0.25, -0.2) is 16.8 Å². The van der Waals surface area contributed by atoms with Crippen LogP contribution in [0.25, 0.3) is 0 Å². The molecule has 0 fully saturated rings. The summed E-state index contributed by atoms with van der Waals surface area (Å²) in [7, 11) is -7.63. The van der Waals surface area contributed by atoms with Gasteiger partial charge in [0, 0.05) is 5.69 Å². The third kappa shape index (κ3) is 4.56. The zero-order chi connectivity index (χ0) is 19.7. The highest BCUT2D eigenvalue weighted by Crippen LogP contribution is 2.31. The van der Waals surface area contributed by atoms with Crippen molar-refractivity contribution in [1.29, 1.82) is 0 Å². The maximum Gasteiger partial charge on any atom is 0.271 e. The molecule has 0 radical (unpaired) electrons. The van der Waals surface area contributed by atoms with Crippen LogP contribution in [0.15, 0.2) is 69.1 Å². The number of hydrogen-bond donors (Lipinski definition) is 2. The van der Waals surface area contributed by atoms with Crippen LogP contribution in [0.3, 0.4) is 0 Å². The zero-order valence-electron chi connectivity index (χ0n) is 13.4. The van der Waals surface area contributed by atoms with E-state index in [1.54, 1.807) is 17.5 Å². The van der Waals surface area contributed by atoms with Gasteiger partial charge in [-0.2, -0.15) is 0 Å². The summed E-state index contributed by atoms with van der Waals surface area (Å²) >= 11 is 13.0. The van der Waals surface area contributed by atoms with Gasteiger partial charge >= 0.3 is 0 Å². The first kappa shape index (κ1) is 20.0. The molecule has 1 aromatic heterocycles. The highest BCUT2D eigenvalue weighted by Gasteiger charge is 2.18. The Morgan fingerprint density at radius 3 is 2.11 bits per heavy atom. The van der Waals surface area contributed by atoms with Crippen LogP contribution >= 0.6 is 34.5 Å². The van der Waals surface area contributed by atoms with Crippen LogP contribution in [-0.4, -0.2) is 16.8 Å². The van der Waals surface area contributed by atoms with Gasteiger partial charge < -0.3 is 0 Å². The largest absolute Gasteiger partial charge is 0.279 e. The predicted molar refractivity (Wildman–Crippen MR) is 109 cm³/mol. The topological polar surface area (TPSA) is 92.3 Å². The van der Waals surface area contributed by atoms with Crippen molar-refractivity contribution in [3.8, 4) is 0 Å². The van der Waals surface area contributed by atoms with Crippen molar-refractivity contribution in [2.45, 2.75) is 9.10 Å². The van der Waals surface area contributed by atoms with E-state index in [9.17, 15) is 16.8 Å². The Morgan fingerprint density at radius 1 is 0.778 bits per heavy atom. The maximum atomic E-state index is 12.5. The minimum atomic E-state index is -3.92. The molecule has 0 spiro atoms. The van der Waals surface area contributed by atoms with Crippen LogP contribution in [0.2, 0.25) is 10.0 Å². The molecule has 11 heteroatoms. The molecule has 0 unspecified atom stereocenters. The molecule has 0 amide bonds. The molecule has 3 rings (SSSR count). The molecule has 0 aliphatic carbocycles. The van der Waals surface area contributed by atoms with Gasteiger partial charge in [-0.05, 0) is 47.8 Å². The van der Waals surface area contributed by atoms with Crippen LogP contribution in [-0.2, 0) is 20.0 Å². The minimum absolute atomic E-state index is 0.0578. The van der Waals surface area contributed by atoms with Gasteiger partial charge in [0.05, 0.1) is 20.6 Å². The number of hydrogen-bond acceptors (Lipinski definition) is 5. The van der Waals surface area contributed by atoms with Crippen molar-refractivity contribution in [3.05, 3.63) is 70.0 Å². The summed E-state index contributed by atoms with van der Waals surface area (Å²) in [5, 5.41) is 1.95. The lowest BCUT2D eigenvalue weighted by Crippen LogP contribution is -2.14. The minimum Gasteiger partial charge on any atom is -0.279 e. The van der Waals surface area contributed by atoms with Gasteiger partial charge in [-0.15, -0.1) is 11.3 Å². The highest BCUT2D eigenvalue weighted by atomic mass is 35.5. The first-order chi connectivity index (χ1) is 12.7. The van der Waals surface area contributed by atoms with E-state index >= 15 is 0 Å². The van der Waals surface area contributed by atoms with Crippen molar-refractivity contribution in [2.75, 3.05) is 9.44 Å². The van der Waals surface area contributed by atoms with Crippen LogP contribution in [0.1, 0.15) is 0 Å². The van der Waals surface area contributed by atoms with Gasteiger partial charge in [-0.1, -0.05) is 35.3 Å². The number of nitrogens with one attached hydrogen (secondary N) is 2. The Bertz CT molecular complexity index is 1160. The molecule has 0 saturated carbocycles. The lowest BCUT2D eigenvalue weighted by molar-refractivity contribution is 0.600. The Kier molecular flexibility index (Phi) is 5.68. The van der Waals surface area contributed by atoms with Crippen LogP contribution in [0.5, 0.6) is 0 Å². The second kappa shape index (κ2) is 7.69. The molecule has 0 bridgehead atoms. The first-order valence-corrected chi connectivity index (χ1v) is 11.9. The van der Waals surface area contributed by atoms with Crippen LogP contribution < -0.4 is 9.44 Å². The van der Waals surface area contributed by atoms with Gasteiger partial charge in [-0.3, -0.25) is 9.44 Å². The average molecular weight is 463 g/mol. The standard InChI is InChI=1S/C16H12Cl2N2O4S3/c17-13-3-1-4-14(16(13)18)20-26(21,22)12-8-6-11(7-9-12)19-27(23,24)15-5-2-10-25-15/h1-10,19-20H. The Labute approximate surface area is 170 Å². The molecule has 27 heavy (non-hydrogen) atoms. The first-order valence-electron chi connectivity index (χ1n) is 7.32. The smallest absolute Gasteiger partial charge is 0.271 e. The molecule has 0 saturated heterocycles. The second-order valence-corrected chi connectivity index (χ2v) is 10.6. The summed E-state index contributed by atoms with van der Waals surface area (Å²) in [5.74, 6) is 0. The molecule has 1 heterocycles. The monoisotopic (exact) mass is 462 g/mol. The molecule has 0 aliphatic heterocycles. The number of anilines is 2. The van der Waals surface area contributed by atoms with Crippen molar-refractivity contribution >= 4 is 66.0 Å². The van der Waals surface area contributed by atoms with Crippen molar-refractivity contribution in [2.24, 2.45) is 0 Å². The number of halogens is 2. The quantitative estimate of drug-likeness (QED) is 0.556. The van der Waals surface area contributed by atoms with E-state index in [4.69, 9.17) is 23.2 Å². The van der Waals surface area contributed by atoms with Gasteiger partial charge in [0.15, 0.2) is 0 Å². The molecular weight excluding hydrogens is 451 g/mol. The van der Waals surface area contributed by atoms with E-state index in [1.165, 1.54) is 42.5 Å². The fourth-order valence-electron chi connectivity index (χ4n) is 2.11. The van der Waals surface area contributed by atoms with E-state index < -0.39 is 20.0 Å². The predicted octanol–water partition coefficient (Wildman–Crippen LogP) is 4.66. The molecule has 6 nitrogen and oxygen atoms in total. The Balaban J connectivity index is 1.81. The van der Waals surface area contributed by atoms with Crippen molar-refractivity contribution in [1.82, 2.24) is 0 Å². The van der Waals surface area contributed by atoms with Gasteiger partial charge in [0.1, 0.15) is 4.21 Å². The van der Waals surface area contributed by atoms with Crippen molar-refractivity contribution in [3.63, 3.8) is 0 Å². The Hall–Kier alpha value is -1.78. The number of rotatable bonds is 6. The summed E-state index contributed by atoms with van der Waals surface area (Å²) < 4.78 is 54.3. The van der Waals surface area contributed by atoms with E-state index in [2.05, 4.69) is 9.44 Å². The SMILES string of the molecule is O=S(=O)(Nc1cccc(Cl)c1Cl)c1ccc(NS(=O)(=O)c2cccs2)cc1. The fraction of sp³-hybridized carbons (Fsp3) is 0. The number of benzene rings is 2. The summed E-state index contributed by atoms with van der Waals surface area (Å²) in [6.07, 6.45) is 0. The summed E-state index contributed by atoms with van der Waals surface area (Å²) in [5.41, 5.74) is 0.384.